The van der Waals surface area contributed by atoms with Gasteiger partial charge in [-0.1, -0.05) is 36.4 Å². The maximum atomic E-state index is 12.5. The van der Waals surface area contributed by atoms with Gasteiger partial charge in [0.2, 0.25) is 5.91 Å². The minimum Gasteiger partial charge on any atom is -0.368 e. The second kappa shape index (κ2) is 6.83. The number of alkyl halides is 3. The molecule has 6 heteroatoms. The number of nitrogens with one attached hydrogen (secondary N) is 1. The Hall–Kier alpha value is -2.34. The van der Waals surface area contributed by atoms with Crippen LogP contribution < -0.4 is 11.1 Å². The van der Waals surface area contributed by atoms with Crippen LogP contribution in [0.3, 0.4) is 0 Å². The number of hydrogen-bond acceptors (Lipinski definition) is 2. The molecule has 2 aromatic carbocycles. The third-order valence-electron chi connectivity index (χ3n) is 3.54. The molecule has 1 amide bonds. The van der Waals surface area contributed by atoms with E-state index < -0.39 is 23.7 Å². The van der Waals surface area contributed by atoms with Gasteiger partial charge in [0, 0.05) is 6.54 Å². The van der Waals surface area contributed by atoms with Crippen molar-refractivity contribution in [1.29, 1.82) is 0 Å². The van der Waals surface area contributed by atoms with Crippen LogP contribution >= 0.6 is 0 Å². The van der Waals surface area contributed by atoms with Crippen molar-refractivity contribution in [2.75, 3.05) is 0 Å². The Morgan fingerprint density at radius 2 is 1.52 bits per heavy atom. The number of carbonyl (C=O) groups excluding carboxylic acids is 1. The second-order valence-corrected chi connectivity index (χ2v) is 5.28. The monoisotopic (exact) mass is 322 g/mol. The molecule has 3 nitrogen and oxygen atoms in total. The number of halogens is 3. The summed E-state index contributed by atoms with van der Waals surface area (Å²) in [5, 5.41) is 2.98. The minimum atomic E-state index is -4.33. The van der Waals surface area contributed by atoms with E-state index in [9.17, 15) is 18.0 Å². The highest BCUT2D eigenvalue weighted by Crippen LogP contribution is 2.31. The van der Waals surface area contributed by atoms with Gasteiger partial charge in [-0.25, -0.2) is 0 Å². The molecule has 122 valence electrons. The number of carbonyl (C=O) groups is 1. The molecular formula is C17H17F3N2O. The number of primary amides is 1. The van der Waals surface area contributed by atoms with Crippen molar-refractivity contribution in [3.05, 3.63) is 59.7 Å². The van der Waals surface area contributed by atoms with Crippen LogP contribution in [0.25, 0.3) is 11.1 Å². The van der Waals surface area contributed by atoms with Crippen molar-refractivity contribution >= 4 is 5.91 Å². The summed E-state index contributed by atoms with van der Waals surface area (Å²) in [5.74, 6) is -0.425. The fourth-order valence-corrected chi connectivity index (χ4v) is 2.04. The zero-order valence-electron chi connectivity index (χ0n) is 12.5. The van der Waals surface area contributed by atoms with Gasteiger partial charge >= 0.3 is 6.18 Å². The largest absolute Gasteiger partial charge is 0.416 e. The van der Waals surface area contributed by atoms with Crippen LogP contribution in [0.4, 0.5) is 13.2 Å². The normalized spacial score (nSPS) is 12.9. The molecule has 0 aliphatic rings. The lowest BCUT2D eigenvalue weighted by Gasteiger charge is -2.11. The average Bonchev–Trinajstić information content (AvgIpc) is 2.52. The van der Waals surface area contributed by atoms with Gasteiger partial charge in [-0.05, 0) is 35.7 Å². The SMILES string of the molecule is C[C@@H](NCc1ccc(-c2ccc(C(F)(F)F)cc2)cc1)C(N)=O. The molecular weight excluding hydrogens is 305 g/mol. The van der Waals surface area contributed by atoms with E-state index in [1.165, 1.54) is 12.1 Å². The van der Waals surface area contributed by atoms with Gasteiger partial charge in [-0.2, -0.15) is 13.2 Å². The van der Waals surface area contributed by atoms with E-state index in [0.29, 0.717) is 12.1 Å². The Kier molecular flexibility index (Phi) is 5.05. The van der Waals surface area contributed by atoms with Crippen LogP contribution in [0.15, 0.2) is 48.5 Å². The van der Waals surface area contributed by atoms with E-state index in [2.05, 4.69) is 5.32 Å². The van der Waals surface area contributed by atoms with Crippen LogP contribution in [0, 0.1) is 0 Å². The third kappa shape index (κ3) is 4.56. The lowest BCUT2D eigenvalue weighted by atomic mass is 10.0. The lowest BCUT2D eigenvalue weighted by molar-refractivity contribution is -0.137. The predicted octanol–water partition coefficient (Wildman–Crippen LogP) is 3.34. The molecule has 2 aromatic rings. The molecule has 0 unspecified atom stereocenters. The van der Waals surface area contributed by atoms with E-state index in [0.717, 1.165) is 23.3 Å². The van der Waals surface area contributed by atoms with E-state index in [1.807, 2.05) is 24.3 Å². The fourth-order valence-electron chi connectivity index (χ4n) is 2.04. The summed E-state index contributed by atoms with van der Waals surface area (Å²) in [6.45, 7) is 2.16. The van der Waals surface area contributed by atoms with Gasteiger partial charge in [0.15, 0.2) is 0 Å². The molecule has 0 aliphatic carbocycles. The van der Waals surface area contributed by atoms with Crippen LogP contribution in [0.1, 0.15) is 18.1 Å². The summed E-state index contributed by atoms with van der Waals surface area (Å²) in [7, 11) is 0. The summed E-state index contributed by atoms with van der Waals surface area (Å²) in [4.78, 5) is 10.9. The third-order valence-corrected chi connectivity index (χ3v) is 3.54. The van der Waals surface area contributed by atoms with Gasteiger partial charge in [0.05, 0.1) is 11.6 Å². The summed E-state index contributed by atoms with van der Waals surface area (Å²) in [5.41, 5.74) is 6.99. The smallest absolute Gasteiger partial charge is 0.368 e. The first-order valence-electron chi connectivity index (χ1n) is 7.06. The molecule has 3 N–H and O–H groups in total. The van der Waals surface area contributed by atoms with Gasteiger partial charge in [0.1, 0.15) is 0 Å². The maximum Gasteiger partial charge on any atom is 0.416 e. The maximum absolute atomic E-state index is 12.5. The topological polar surface area (TPSA) is 55.1 Å². The Balaban J connectivity index is 2.06. The highest BCUT2D eigenvalue weighted by molar-refractivity contribution is 5.79. The Bertz CT molecular complexity index is 664. The van der Waals surface area contributed by atoms with Gasteiger partial charge < -0.3 is 11.1 Å². The molecule has 0 saturated carbocycles. The molecule has 23 heavy (non-hydrogen) atoms. The first-order valence-corrected chi connectivity index (χ1v) is 7.06. The molecule has 0 saturated heterocycles. The molecule has 0 heterocycles. The highest BCUT2D eigenvalue weighted by Gasteiger charge is 2.29. The van der Waals surface area contributed by atoms with Crippen LogP contribution in [-0.2, 0) is 17.5 Å². The van der Waals surface area contributed by atoms with E-state index in [4.69, 9.17) is 5.73 Å². The first kappa shape index (κ1) is 17.0. The molecule has 0 aliphatic heterocycles. The average molecular weight is 322 g/mol. The Morgan fingerprint density at radius 1 is 1.04 bits per heavy atom. The first-order chi connectivity index (χ1) is 10.8. The molecule has 0 bridgehead atoms. The summed E-state index contributed by atoms with van der Waals surface area (Å²) in [6, 6.07) is 12.0. The molecule has 0 aromatic heterocycles. The van der Waals surface area contributed by atoms with Crippen molar-refractivity contribution in [3.8, 4) is 11.1 Å². The zero-order valence-corrected chi connectivity index (χ0v) is 12.5. The number of benzene rings is 2. The molecule has 0 fully saturated rings. The zero-order chi connectivity index (χ0) is 17.0. The van der Waals surface area contributed by atoms with Gasteiger partial charge in [-0.15, -0.1) is 0 Å². The van der Waals surface area contributed by atoms with Crippen LogP contribution in [0.2, 0.25) is 0 Å². The van der Waals surface area contributed by atoms with Crippen molar-refractivity contribution < 1.29 is 18.0 Å². The lowest BCUT2D eigenvalue weighted by Crippen LogP contribution is -2.38. The fraction of sp³-hybridized carbons (Fsp3) is 0.235. The molecule has 1 atom stereocenters. The molecule has 2 rings (SSSR count). The van der Waals surface area contributed by atoms with Crippen molar-refractivity contribution in [2.24, 2.45) is 5.73 Å². The van der Waals surface area contributed by atoms with Crippen LogP contribution in [0.5, 0.6) is 0 Å². The van der Waals surface area contributed by atoms with E-state index in [-0.39, 0.29) is 0 Å². The predicted molar refractivity (Wildman–Crippen MR) is 82.4 cm³/mol. The standard InChI is InChI=1S/C17H17F3N2O/c1-11(16(21)23)22-10-12-2-4-13(5-3-12)14-6-8-15(9-7-14)17(18,19)20/h2-9,11,22H,10H2,1H3,(H2,21,23)/t11-/m1/s1. The summed E-state index contributed by atoms with van der Waals surface area (Å²) in [6.07, 6.45) is -4.33. The van der Waals surface area contributed by atoms with Gasteiger partial charge in [0.25, 0.3) is 0 Å². The quantitative estimate of drug-likeness (QED) is 0.887. The van der Waals surface area contributed by atoms with Crippen molar-refractivity contribution in [2.45, 2.75) is 25.7 Å². The number of amides is 1. The number of hydrogen-bond donors (Lipinski definition) is 2. The van der Waals surface area contributed by atoms with E-state index in [1.54, 1.807) is 6.92 Å². The van der Waals surface area contributed by atoms with Crippen LogP contribution in [-0.4, -0.2) is 11.9 Å². The van der Waals surface area contributed by atoms with Gasteiger partial charge in [-0.3, -0.25) is 4.79 Å². The summed E-state index contributed by atoms with van der Waals surface area (Å²) < 4.78 is 37.6. The highest BCUT2D eigenvalue weighted by atomic mass is 19.4. The van der Waals surface area contributed by atoms with Crippen molar-refractivity contribution in [3.63, 3.8) is 0 Å². The summed E-state index contributed by atoms with van der Waals surface area (Å²) >= 11 is 0. The molecule has 0 spiro atoms. The number of rotatable bonds is 5. The Labute approximate surface area is 132 Å². The molecule has 0 radical (unpaired) electrons. The minimum absolute atomic E-state index is 0.425. The Morgan fingerprint density at radius 3 is 1.96 bits per heavy atom. The second-order valence-electron chi connectivity index (χ2n) is 5.28. The van der Waals surface area contributed by atoms with E-state index >= 15 is 0 Å². The van der Waals surface area contributed by atoms with Crippen molar-refractivity contribution in [1.82, 2.24) is 5.32 Å². The number of nitrogens with two attached hydrogens (primary N) is 1.